The maximum absolute atomic E-state index is 13.8. The van der Waals surface area contributed by atoms with E-state index >= 15 is 0 Å². The second-order valence-electron chi connectivity index (χ2n) is 21.9. The monoisotopic (exact) mass is 1120 g/mol. The molecule has 4 aromatic heterocycles. The molecule has 2 N–H and O–H groups in total. The molecule has 10 rings (SSSR count). The van der Waals surface area contributed by atoms with Gasteiger partial charge in [-0.2, -0.15) is 24.8 Å². The van der Waals surface area contributed by atoms with E-state index in [0.717, 1.165) is 137 Å². The van der Waals surface area contributed by atoms with Gasteiger partial charge in [-0.1, -0.05) is 54.9 Å². The van der Waals surface area contributed by atoms with Gasteiger partial charge in [-0.3, -0.25) is 9.78 Å². The summed E-state index contributed by atoms with van der Waals surface area (Å²) in [6.45, 7) is 11.5. The molecular formula is C61H79ClN14O5. The van der Waals surface area contributed by atoms with E-state index in [0.29, 0.717) is 97.3 Å². The van der Waals surface area contributed by atoms with Crippen LogP contribution in [0, 0.1) is 11.3 Å². The summed E-state index contributed by atoms with van der Waals surface area (Å²) in [5.74, 6) is 2.54. The first-order valence-corrected chi connectivity index (χ1v) is 29.6. The number of ether oxygens (including phenoxy) is 3. The number of amides is 1. The largest absolute Gasteiger partial charge is 0.462 e. The van der Waals surface area contributed by atoms with Gasteiger partial charge in [0.2, 0.25) is 5.91 Å². The Kier molecular flexibility index (Phi) is 19.8. The SMILES string of the molecule is CCc1cnn2c(NCc3ccc(CCOCCOCCN(C)C/C=C/C(=O)N4CCN(c5nc(OC[C@@H]6CCCN6C)nc6c5CCN(c5cccc7cccc(Cl)c57)C6)C[C@@H]4CC#N)nc3)cc(N3CCCC[C@H]3CCO)nc12. The molecule has 3 saturated heterocycles. The van der Waals surface area contributed by atoms with Crippen molar-refractivity contribution in [3.05, 3.63) is 112 Å². The average Bonchev–Trinajstić information content (AvgIpc) is 4.33. The Morgan fingerprint density at radius 2 is 1.79 bits per heavy atom. The Balaban J connectivity index is 0.654. The van der Waals surface area contributed by atoms with Crippen LogP contribution in [0.4, 0.5) is 23.1 Å². The van der Waals surface area contributed by atoms with Crippen molar-refractivity contribution in [1.29, 1.82) is 5.26 Å². The highest BCUT2D eigenvalue weighted by Crippen LogP contribution is 2.38. The number of piperidine rings is 1. The molecule has 0 bridgehead atoms. The number of fused-ring (bicyclic) bond motifs is 3. The molecule has 8 heterocycles. The molecule has 0 spiro atoms. The topological polar surface area (TPSA) is 189 Å². The van der Waals surface area contributed by atoms with Gasteiger partial charge < -0.3 is 54.0 Å². The van der Waals surface area contributed by atoms with Crippen LogP contribution in [0.3, 0.4) is 0 Å². The van der Waals surface area contributed by atoms with Crippen LogP contribution in [0.1, 0.15) is 79.9 Å². The first-order chi connectivity index (χ1) is 39.7. The lowest BCUT2D eigenvalue weighted by Gasteiger charge is -2.42. The first-order valence-electron chi connectivity index (χ1n) is 29.2. The number of aliphatic hydroxyl groups excluding tert-OH is 1. The van der Waals surface area contributed by atoms with Gasteiger partial charge >= 0.3 is 6.01 Å². The molecule has 81 heavy (non-hydrogen) atoms. The predicted octanol–water partition coefficient (Wildman–Crippen LogP) is 7.37. The molecule has 0 saturated carbocycles. The lowest BCUT2D eigenvalue weighted by atomic mass is 9.99. The Morgan fingerprint density at radius 1 is 0.938 bits per heavy atom. The second-order valence-corrected chi connectivity index (χ2v) is 22.3. The van der Waals surface area contributed by atoms with E-state index < -0.39 is 0 Å². The molecule has 1 amide bonds. The van der Waals surface area contributed by atoms with E-state index in [2.05, 4.69) is 97.4 Å². The third-order valence-electron chi connectivity index (χ3n) is 16.5. The molecule has 19 nitrogen and oxygen atoms in total. The van der Waals surface area contributed by atoms with Crippen molar-refractivity contribution in [1.82, 2.24) is 44.2 Å². The molecule has 6 aromatic rings. The van der Waals surface area contributed by atoms with Crippen LogP contribution in [0.2, 0.25) is 5.02 Å². The summed E-state index contributed by atoms with van der Waals surface area (Å²) in [5, 5.41) is 30.9. The zero-order valence-electron chi connectivity index (χ0n) is 47.4. The fourth-order valence-corrected chi connectivity index (χ4v) is 12.1. The minimum Gasteiger partial charge on any atom is -0.462 e. The summed E-state index contributed by atoms with van der Waals surface area (Å²) in [7, 11) is 4.14. The van der Waals surface area contributed by atoms with Gasteiger partial charge in [0.1, 0.15) is 24.1 Å². The van der Waals surface area contributed by atoms with Crippen LogP contribution < -0.4 is 24.8 Å². The third kappa shape index (κ3) is 14.2. The van der Waals surface area contributed by atoms with Gasteiger partial charge in [-0.15, -0.1) is 0 Å². The minimum atomic E-state index is -0.311. The fourth-order valence-electron chi connectivity index (χ4n) is 11.8. The van der Waals surface area contributed by atoms with Gasteiger partial charge in [-0.25, -0.2) is 4.98 Å². The summed E-state index contributed by atoms with van der Waals surface area (Å²) in [6.07, 6.45) is 16.1. The number of halogens is 1. The molecule has 20 heteroatoms. The number of aryl methyl sites for hydroxylation is 1. The van der Waals surface area contributed by atoms with Gasteiger partial charge in [-0.05, 0) is 101 Å². The number of nitriles is 1. The number of aromatic nitrogens is 6. The third-order valence-corrected chi connectivity index (χ3v) is 16.8. The van der Waals surface area contributed by atoms with Crippen molar-refractivity contribution in [3.8, 4) is 12.1 Å². The number of likely N-dealkylation sites (N-methyl/N-ethyl adjacent to an activating group) is 2. The van der Waals surface area contributed by atoms with E-state index in [4.69, 9.17) is 45.7 Å². The van der Waals surface area contributed by atoms with Crippen LogP contribution in [0.25, 0.3) is 16.4 Å². The highest BCUT2D eigenvalue weighted by atomic mass is 35.5. The number of nitrogens with one attached hydrogen (secondary N) is 1. The Bertz CT molecular complexity index is 3130. The molecule has 0 aliphatic carbocycles. The maximum Gasteiger partial charge on any atom is 0.318 e. The van der Waals surface area contributed by atoms with Crippen molar-refractivity contribution in [2.24, 2.45) is 0 Å². The standard InChI is InChI=1S/C61H79ClN14O5/c1-4-45-40-66-76-55(37-56(68-59(45)76)74-27-6-5-13-48(74)22-32-77)65-39-44-18-19-47(64-38-44)23-33-79-35-36-80-34-31-70(2)25-10-17-57(78)75-30-29-73(41-49(75)20-24-63)60-51-21-28-72(54-16-8-12-46-11-7-15-52(62)58(46)54)42-53(51)67-61(69-60)81-43-50-14-9-26-71(50)3/h7-8,10-12,15-19,37-38,40,48-50,65,77H,4-6,9,13-14,20-23,25-36,39,41-43H2,1-3H3/b17-10+/t48-,49-,50-/m0/s1. The number of piperazine rings is 1. The Labute approximate surface area is 481 Å². The van der Waals surface area contributed by atoms with Crippen molar-refractivity contribution in [3.63, 3.8) is 0 Å². The highest BCUT2D eigenvalue weighted by molar-refractivity contribution is 6.36. The molecule has 3 fully saturated rings. The number of hydrogen-bond donors (Lipinski definition) is 2. The van der Waals surface area contributed by atoms with E-state index in [1.54, 1.807) is 6.08 Å². The van der Waals surface area contributed by atoms with E-state index in [9.17, 15) is 15.2 Å². The number of nitrogens with zero attached hydrogens (tertiary/aromatic N) is 13. The van der Waals surface area contributed by atoms with Crippen molar-refractivity contribution >= 4 is 57.1 Å². The lowest BCUT2D eigenvalue weighted by Crippen LogP contribution is -2.55. The number of hydrogen-bond acceptors (Lipinski definition) is 17. The van der Waals surface area contributed by atoms with E-state index in [1.807, 2.05) is 47.1 Å². The quantitative estimate of drug-likeness (QED) is 0.0427. The molecule has 4 aliphatic rings. The number of pyridine rings is 1. The number of likely N-dealkylation sites (tertiary alicyclic amines) is 1. The number of benzene rings is 2. The Hall–Kier alpha value is -6.66. The van der Waals surface area contributed by atoms with Crippen molar-refractivity contribution in [2.45, 2.75) is 102 Å². The number of carbonyl (C=O) groups is 1. The van der Waals surface area contributed by atoms with Crippen LogP contribution >= 0.6 is 11.6 Å². The molecule has 430 valence electrons. The molecule has 4 aliphatic heterocycles. The number of anilines is 4. The minimum absolute atomic E-state index is 0.0996. The normalized spacial score (nSPS) is 18.9. The van der Waals surface area contributed by atoms with Crippen LogP contribution in [0.15, 0.2) is 79.1 Å². The number of carbonyl (C=O) groups excluding carboxylic acids is 1. The molecule has 0 radical (unpaired) electrons. The zero-order valence-corrected chi connectivity index (χ0v) is 48.2. The summed E-state index contributed by atoms with van der Waals surface area (Å²) in [6, 6.07) is 21.5. The summed E-state index contributed by atoms with van der Waals surface area (Å²) in [4.78, 5) is 46.9. The van der Waals surface area contributed by atoms with Gasteiger partial charge in [0, 0.05) is 124 Å². The fraction of sp³-hybridized carbons (Fsp3) is 0.525. The van der Waals surface area contributed by atoms with Crippen LogP contribution in [-0.2, 0) is 46.6 Å². The lowest BCUT2D eigenvalue weighted by molar-refractivity contribution is -0.128. The van der Waals surface area contributed by atoms with Gasteiger partial charge in [0.15, 0.2) is 5.65 Å². The van der Waals surface area contributed by atoms with Gasteiger partial charge in [0.25, 0.3) is 0 Å². The average molecular weight is 1120 g/mol. The summed E-state index contributed by atoms with van der Waals surface area (Å²) < 4.78 is 20.1. The maximum atomic E-state index is 13.8. The van der Waals surface area contributed by atoms with Crippen LogP contribution in [-0.4, -0.2) is 179 Å². The first kappa shape index (κ1) is 57.6. The number of rotatable bonds is 25. The zero-order chi connectivity index (χ0) is 56.1. The molecular weight excluding hydrogens is 1040 g/mol. The van der Waals surface area contributed by atoms with Gasteiger partial charge in [0.05, 0.1) is 68.4 Å². The van der Waals surface area contributed by atoms with Crippen molar-refractivity contribution < 1.29 is 24.1 Å². The molecule has 0 unspecified atom stereocenters. The summed E-state index contributed by atoms with van der Waals surface area (Å²) >= 11 is 6.80. The van der Waals surface area contributed by atoms with Crippen molar-refractivity contribution in [2.75, 3.05) is 126 Å². The molecule has 2 aromatic carbocycles. The highest BCUT2D eigenvalue weighted by Gasteiger charge is 2.34. The molecule has 3 atom stereocenters. The second kappa shape index (κ2) is 27.9. The van der Waals surface area contributed by atoms with E-state index in [1.165, 1.54) is 6.42 Å². The Morgan fingerprint density at radius 3 is 2.59 bits per heavy atom. The summed E-state index contributed by atoms with van der Waals surface area (Å²) in [5.41, 5.74) is 7.07. The van der Waals surface area contributed by atoms with E-state index in [-0.39, 0.29) is 31.0 Å². The number of aliphatic hydroxyl groups is 1. The van der Waals surface area contributed by atoms with Crippen LogP contribution in [0.5, 0.6) is 6.01 Å². The predicted molar refractivity (Wildman–Crippen MR) is 317 cm³/mol. The smallest absolute Gasteiger partial charge is 0.318 e.